The number of hydrogen-bond acceptors (Lipinski definition) is 4. The number of benzene rings is 2. The summed E-state index contributed by atoms with van der Waals surface area (Å²) in [4.78, 5) is 37.1. The number of amides is 2. The lowest BCUT2D eigenvalue weighted by Gasteiger charge is -2.19. The van der Waals surface area contributed by atoms with E-state index >= 15 is 0 Å². The summed E-state index contributed by atoms with van der Waals surface area (Å²) in [7, 11) is 0. The number of Topliss-reactive ketones (excluding diaryl/α,β-unsaturated/α-hetero) is 1. The molecule has 0 spiro atoms. The number of rotatable bonds is 3. The van der Waals surface area contributed by atoms with Gasteiger partial charge in [0, 0.05) is 5.56 Å². The third-order valence-corrected chi connectivity index (χ3v) is 3.36. The molecule has 21 heavy (non-hydrogen) atoms. The summed E-state index contributed by atoms with van der Waals surface area (Å²) in [6, 6.07) is 14.3. The fourth-order valence-corrected chi connectivity index (χ4v) is 2.30. The molecule has 1 aliphatic heterocycles. The zero-order chi connectivity index (χ0) is 15.0. The van der Waals surface area contributed by atoms with Crippen LogP contribution in [-0.2, 0) is 0 Å². The predicted molar refractivity (Wildman–Crippen MR) is 73.7 cm³/mol. The quantitative estimate of drug-likeness (QED) is 0.683. The van der Waals surface area contributed by atoms with Crippen molar-refractivity contribution in [2.24, 2.45) is 0 Å². The molecule has 1 atom stereocenters. The van der Waals surface area contributed by atoms with Crippen LogP contribution in [0.3, 0.4) is 0 Å². The molecule has 0 radical (unpaired) electrons. The summed E-state index contributed by atoms with van der Waals surface area (Å²) >= 11 is 0. The summed E-state index contributed by atoms with van der Waals surface area (Å²) in [6.45, 7) is 0. The van der Waals surface area contributed by atoms with Crippen LogP contribution in [0, 0.1) is 0 Å². The maximum atomic E-state index is 12.2. The highest BCUT2D eigenvalue weighted by molar-refractivity contribution is 6.23. The molecule has 5 heteroatoms. The standard InChI is InChI=1S/C16H11NO4/c18-13(10-6-2-1-3-7-10)16(21)17-14(19)11-8-4-5-9-12(11)15(17)20/h1-9,16,21H. The highest BCUT2D eigenvalue weighted by atomic mass is 16.3. The minimum Gasteiger partial charge on any atom is -0.366 e. The highest BCUT2D eigenvalue weighted by Gasteiger charge is 2.41. The Kier molecular flexibility index (Phi) is 3.12. The number of fused-ring (bicyclic) bond motifs is 1. The molecule has 104 valence electrons. The van der Waals surface area contributed by atoms with Crippen LogP contribution in [0.5, 0.6) is 0 Å². The van der Waals surface area contributed by atoms with Crippen LogP contribution < -0.4 is 0 Å². The van der Waals surface area contributed by atoms with E-state index in [1.165, 1.54) is 24.3 Å². The molecule has 2 aromatic rings. The topological polar surface area (TPSA) is 74.7 Å². The number of aliphatic hydroxyl groups excluding tert-OH is 1. The van der Waals surface area contributed by atoms with E-state index in [0.29, 0.717) is 4.90 Å². The highest BCUT2D eigenvalue weighted by Crippen LogP contribution is 2.24. The zero-order valence-corrected chi connectivity index (χ0v) is 10.9. The first kappa shape index (κ1) is 13.2. The smallest absolute Gasteiger partial charge is 0.264 e. The Morgan fingerprint density at radius 2 is 1.33 bits per heavy atom. The van der Waals surface area contributed by atoms with Gasteiger partial charge in [-0.2, -0.15) is 0 Å². The van der Waals surface area contributed by atoms with Gasteiger partial charge in [-0.05, 0) is 12.1 Å². The van der Waals surface area contributed by atoms with Crippen LogP contribution in [0.15, 0.2) is 54.6 Å². The monoisotopic (exact) mass is 281 g/mol. The Morgan fingerprint density at radius 3 is 1.86 bits per heavy atom. The molecule has 5 nitrogen and oxygen atoms in total. The van der Waals surface area contributed by atoms with Gasteiger partial charge in [0.05, 0.1) is 11.1 Å². The van der Waals surface area contributed by atoms with Gasteiger partial charge in [0.2, 0.25) is 12.0 Å². The lowest BCUT2D eigenvalue weighted by molar-refractivity contribution is 0.0153. The molecule has 2 aromatic carbocycles. The number of nitrogens with zero attached hydrogens (tertiary/aromatic N) is 1. The zero-order valence-electron chi connectivity index (χ0n) is 10.9. The summed E-state index contributed by atoms with van der Waals surface area (Å²) in [6.07, 6.45) is -1.82. The molecule has 1 aliphatic rings. The summed E-state index contributed by atoms with van der Waals surface area (Å²) in [5, 5.41) is 10.1. The number of ketones is 1. The first-order valence-corrected chi connectivity index (χ1v) is 6.35. The molecule has 3 rings (SSSR count). The number of aliphatic hydroxyl groups is 1. The van der Waals surface area contributed by atoms with E-state index in [9.17, 15) is 19.5 Å². The normalized spacial score (nSPS) is 15.0. The largest absolute Gasteiger partial charge is 0.366 e. The average molecular weight is 281 g/mol. The maximum absolute atomic E-state index is 12.2. The second-order valence-corrected chi connectivity index (χ2v) is 4.63. The lowest BCUT2D eigenvalue weighted by Crippen LogP contribution is -2.44. The van der Waals surface area contributed by atoms with Gasteiger partial charge >= 0.3 is 0 Å². The van der Waals surface area contributed by atoms with Crippen molar-refractivity contribution in [1.82, 2.24) is 4.90 Å². The van der Waals surface area contributed by atoms with Gasteiger partial charge in [-0.1, -0.05) is 42.5 Å². The van der Waals surface area contributed by atoms with E-state index < -0.39 is 23.8 Å². The second kappa shape index (κ2) is 4.96. The van der Waals surface area contributed by atoms with Crippen molar-refractivity contribution in [3.8, 4) is 0 Å². The summed E-state index contributed by atoms with van der Waals surface area (Å²) < 4.78 is 0. The first-order valence-electron chi connectivity index (χ1n) is 6.35. The van der Waals surface area contributed by atoms with Crippen LogP contribution in [0.25, 0.3) is 0 Å². The van der Waals surface area contributed by atoms with Crippen molar-refractivity contribution in [2.75, 3.05) is 0 Å². The van der Waals surface area contributed by atoms with Gasteiger partial charge in [0.25, 0.3) is 11.8 Å². The SMILES string of the molecule is O=C(c1ccccc1)C(O)N1C(=O)c2ccccc2C1=O. The first-order chi connectivity index (χ1) is 10.1. The molecule has 1 unspecified atom stereocenters. The van der Waals surface area contributed by atoms with Crippen molar-refractivity contribution in [1.29, 1.82) is 0 Å². The Morgan fingerprint density at radius 1 is 0.857 bits per heavy atom. The van der Waals surface area contributed by atoms with Crippen LogP contribution in [0.4, 0.5) is 0 Å². The molecule has 2 amide bonds. The third kappa shape index (κ3) is 2.04. The van der Waals surface area contributed by atoms with Crippen LogP contribution >= 0.6 is 0 Å². The minimum atomic E-state index is -1.82. The van der Waals surface area contributed by atoms with Crippen molar-refractivity contribution >= 4 is 17.6 Å². The molecule has 0 saturated heterocycles. The molecule has 1 heterocycles. The molecular formula is C16H11NO4. The number of imide groups is 1. The molecule has 0 bridgehead atoms. The maximum Gasteiger partial charge on any atom is 0.264 e. The fourth-order valence-electron chi connectivity index (χ4n) is 2.30. The van der Waals surface area contributed by atoms with Crippen molar-refractivity contribution < 1.29 is 19.5 Å². The second-order valence-electron chi connectivity index (χ2n) is 4.63. The van der Waals surface area contributed by atoms with E-state index in [0.717, 1.165) is 0 Å². The predicted octanol–water partition coefficient (Wildman–Crippen LogP) is 1.48. The van der Waals surface area contributed by atoms with Gasteiger partial charge in [-0.15, -0.1) is 0 Å². The van der Waals surface area contributed by atoms with Gasteiger partial charge in [-0.3, -0.25) is 14.4 Å². The minimum absolute atomic E-state index is 0.197. The third-order valence-electron chi connectivity index (χ3n) is 3.36. The molecular weight excluding hydrogens is 270 g/mol. The summed E-state index contributed by atoms with van der Waals surface area (Å²) in [5.74, 6) is -2.01. The van der Waals surface area contributed by atoms with E-state index in [-0.39, 0.29) is 16.7 Å². The molecule has 1 N–H and O–H groups in total. The molecule has 0 aliphatic carbocycles. The van der Waals surface area contributed by atoms with Crippen molar-refractivity contribution in [2.45, 2.75) is 6.23 Å². The number of hydrogen-bond donors (Lipinski definition) is 1. The fraction of sp³-hybridized carbons (Fsp3) is 0.0625. The Hall–Kier alpha value is -2.79. The Bertz CT molecular complexity index is 704. The number of carbonyl (C=O) groups is 3. The van der Waals surface area contributed by atoms with Crippen LogP contribution in [-0.4, -0.2) is 33.8 Å². The van der Waals surface area contributed by atoms with E-state index in [1.807, 2.05) is 0 Å². The van der Waals surface area contributed by atoms with Gasteiger partial charge in [0.1, 0.15) is 0 Å². The van der Waals surface area contributed by atoms with Crippen molar-refractivity contribution in [3.05, 3.63) is 71.3 Å². The molecule has 0 fully saturated rings. The Labute approximate surface area is 120 Å². The summed E-state index contributed by atoms with van der Waals surface area (Å²) in [5.41, 5.74) is 0.631. The molecule has 0 aromatic heterocycles. The van der Waals surface area contributed by atoms with E-state index in [1.54, 1.807) is 30.3 Å². The van der Waals surface area contributed by atoms with Crippen LogP contribution in [0.1, 0.15) is 31.1 Å². The van der Waals surface area contributed by atoms with Gasteiger partial charge in [-0.25, -0.2) is 4.90 Å². The molecule has 0 saturated carbocycles. The van der Waals surface area contributed by atoms with Crippen molar-refractivity contribution in [3.63, 3.8) is 0 Å². The van der Waals surface area contributed by atoms with E-state index in [4.69, 9.17) is 0 Å². The van der Waals surface area contributed by atoms with E-state index in [2.05, 4.69) is 0 Å². The van der Waals surface area contributed by atoms with Gasteiger partial charge in [0.15, 0.2) is 0 Å². The lowest BCUT2D eigenvalue weighted by atomic mass is 10.1. The average Bonchev–Trinajstić information content (AvgIpc) is 2.79. The van der Waals surface area contributed by atoms with Crippen LogP contribution in [0.2, 0.25) is 0 Å². The number of carbonyl (C=O) groups excluding carboxylic acids is 3. The Balaban J connectivity index is 1.94. The van der Waals surface area contributed by atoms with Gasteiger partial charge < -0.3 is 5.11 Å².